The van der Waals surface area contributed by atoms with Crippen molar-refractivity contribution in [3.63, 3.8) is 0 Å². The van der Waals surface area contributed by atoms with Crippen LogP contribution < -0.4 is 10.6 Å². The van der Waals surface area contributed by atoms with Gasteiger partial charge in [-0.1, -0.05) is 6.92 Å². The van der Waals surface area contributed by atoms with Gasteiger partial charge in [-0.2, -0.15) is 0 Å². The van der Waals surface area contributed by atoms with Crippen LogP contribution in [0.4, 0.5) is 5.82 Å². The van der Waals surface area contributed by atoms with Crippen molar-refractivity contribution in [1.29, 1.82) is 5.41 Å². The number of anilines is 1. The first-order valence-electron chi connectivity index (χ1n) is 6.58. The molecule has 0 spiro atoms. The number of ether oxygens (including phenoxy) is 1. The van der Waals surface area contributed by atoms with Crippen molar-refractivity contribution >= 4 is 11.7 Å². The van der Waals surface area contributed by atoms with E-state index >= 15 is 0 Å². The quantitative estimate of drug-likeness (QED) is 0.583. The van der Waals surface area contributed by atoms with Crippen LogP contribution in [0.15, 0.2) is 12.1 Å². The third kappa shape index (κ3) is 3.92. The van der Waals surface area contributed by atoms with Gasteiger partial charge in [0, 0.05) is 25.4 Å². The highest BCUT2D eigenvalue weighted by atomic mass is 16.5. The van der Waals surface area contributed by atoms with E-state index in [0.29, 0.717) is 18.2 Å². The maximum absolute atomic E-state index is 7.69. The van der Waals surface area contributed by atoms with Gasteiger partial charge < -0.3 is 15.4 Å². The number of nitrogens with zero attached hydrogens (tertiary/aromatic N) is 2. The minimum absolute atomic E-state index is 0.0493. The summed E-state index contributed by atoms with van der Waals surface area (Å²) in [6.07, 6.45) is 0.997. The van der Waals surface area contributed by atoms with E-state index in [9.17, 15) is 0 Å². The van der Waals surface area contributed by atoms with E-state index < -0.39 is 0 Å². The van der Waals surface area contributed by atoms with Gasteiger partial charge >= 0.3 is 0 Å². The molecule has 0 saturated heterocycles. The molecule has 0 amide bonds. The summed E-state index contributed by atoms with van der Waals surface area (Å²) in [6.45, 7) is 7.58. The molecule has 0 aliphatic heterocycles. The molecule has 5 heteroatoms. The van der Waals surface area contributed by atoms with Crippen LogP contribution in [0.25, 0.3) is 0 Å². The summed E-state index contributed by atoms with van der Waals surface area (Å²) in [7, 11) is 1.68. The number of nitrogens with two attached hydrogens (primary N) is 1. The summed E-state index contributed by atoms with van der Waals surface area (Å²) in [4.78, 5) is 6.73. The van der Waals surface area contributed by atoms with Gasteiger partial charge in [0.1, 0.15) is 11.7 Å². The van der Waals surface area contributed by atoms with E-state index in [2.05, 4.69) is 23.7 Å². The molecule has 1 unspecified atom stereocenters. The maximum atomic E-state index is 7.69. The molecule has 0 radical (unpaired) electrons. The van der Waals surface area contributed by atoms with E-state index in [1.54, 1.807) is 7.11 Å². The molecule has 1 heterocycles. The van der Waals surface area contributed by atoms with Gasteiger partial charge in [0.05, 0.1) is 12.2 Å². The zero-order valence-corrected chi connectivity index (χ0v) is 12.2. The zero-order valence-electron chi connectivity index (χ0n) is 12.2. The van der Waals surface area contributed by atoms with Crippen LogP contribution in [-0.4, -0.2) is 37.1 Å². The van der Waals surface area contributed by atoms with E-state index in [1.807, 2.05) is 19.1 Å². The second-order valence-corrected chi connectivity index (χ2v) is 4.68. The Bertz CT molecular complexity index is 433. The van der Waals surface area contributed by atoms with Crippen molar-refractivity contribution in [2.75, 3.05) is 25.2 Å². The number of methoxy groups -OCH3 is 1. The van der Waals surface area contributed by atoms with E-state index in [1.165, 1.54) is 0 Å². The first-order chi connectivity index (χ1) is 9.01. The fourth-order valence-corrected chi connectivity index (χ4v) is 1.92. The number of hydrogen-bond acceptors (Lipinski definition) is 4. The van der Waals surface area contributed by atoms with Crippen LogP contribution in [0.2, 0.25) is 0 Å². The molecule has 19 heavy (non-hydrogen) atoms. The SMILES string of the molecule is CCC(C)N(CCOC)c1nc(C)ccc1C(=N)N. The average Bonchev–Trinajstić information content (AvgIpc) is 2.38. The number of hydrogen-bond donors (Lipinski definition) is 2. The lowest BCUT2D eigenvalue weighted by molar-refractivity contribution is 0.203. The highest BCUT2D eigenvalue weighted by molar-refractivity contribution is 5.99. The maximum Gasteiger partial charge on any atom is 0.140 e. The van der Waals surface area contributed by atoms with E-state index in [4.69, 9.17) is 15.9 Å². The lowest BCUT2D eigenvalue weighted by atomic mass is 10.1. The first-order valence-corrected chi connectivity index (χ1v) is 6.58. The second-order valence-electron chi connectivity index (χ2n) is 4.68. The fraction of sp³-hybridized carbons (Fsp3) is 0.571. The first kappa shape index (κ1) is 15.4. The van der Waals surface area contributed by atoms with Gasteiger partial charge in [-0.15, -0.1) is 0 Å². The van der Waals surface area contributed by atoms with Crippen LogP contribution in [0.5, 0.6) is 0 Å². The van der Waals surface area contributed by atoms with Crippen molar-refractivity contribution in [3.05, 3.63) is 23.4 Å². The Morgan fingerprint density at radius 1 is 1.53 bits per heavy atom. The Kier molecular flexibility index (Phi) is 5.76. The van der Waals surface area contributed by atoms with Gasteiger partial charge in [0.2, 0.25) is 0 Å². The molecule has 0 aliphatic rings. The number of aryl methyl sites for hydroxylation is 1. The molecule has 0 bridgehead atoms. The van der Waals surface area contributed by atoms with Crippen LogP contribution in [0, 0.1) is 12.3 Å². The zero-order chi connectivity index (χ0) is 14.4. The molecule has 0 aromatic carbocycles. The van der Waals surface area contributed by atoms with E-state index in [-0.39, 0.29) is 5.84 Å². The number of rotatable bonds is 7. The predicted molar refractivity (Wildman–Crippen MR) is 79.0 cm³/mol. The highest BCUT2D eigenvalue weighted by Gasteiger charge is 2.19. The van der Waals surface area contributed by atoms with Crippen LogP contribution in [0.3, 0.4) is 0 Å². The van der Waals surface area contributed by atoms with Crippen molar-refractivity contribution in [3.8, 4) is 0 Å². The van der Waals surface area contributed by atoms with Crippen molar-refractivity contribution in [2.45, 2.75) is 33.2 Å². The van der Waals surface area contributed by atoms with Gasteiger partial charge in [-0.3, -0.25) is 5.41 Å². The fourth-order valence-electron chi connectivity index (χ4n) is 1.92. The number of pyridine rings is 1. The largest absolute Gasteiger partial charge is 0.384 e. The lowest BCUT2D eigenvalue weighted by Crippen LogP contribution is -2.37. The average molecular weight is 264 g/mol. The summed E-state index contributed by atoms with van der Waals surface area (Å²) in [5, 5.41) is 7.69. The van der Waals surface area contributed by atoms with Crippen LogP contribution in [0.1, 0.15) is 31.5 Å². The smallest absolute Gasteiger partial charge is 0.140 e. The molecule has 5 nitrogen and oxygen atoms in total. The molecule has 0 fully saturated rings. The number of nitrogen functional groups attached to an aromatic ring is 1. The monoisotopic (exact) mass is 264 g/mol. The number of aromatic nitrogens is 1. The Morgan fingerprint density at radius 2 is 2.21 bits per heavy atom. The Labute approximate surface area is 115 Å². The minimum Gasteiger partial charge on any atom is -0.384 e. The summed E-state index contributed by atoms with van der Waals surface area (Å²) in [5.74, 6) is 0.826. The lowest BCUT2D eigenvalue weighted by Gasteiger charge is -2.31. The Hall–Kier alpha value is -1.62. The van der Waals surface area contributed by atoms with E-state index in [0.717, 1.165) is 24.5 Å². The van der Waals surface area contributed by atoms with Crippen molar-refractivity contribution < 1.29 is 4.74 Å². The summed E-state index contributed by atoms with van der Waals surface area (Å²) in [5.41, 5.74) is 7.26. The summed E-state index contributed by atoms with van der Waals surface area (Å²) in [6, 6.07) is 4.07. The molecule has 3 N–H and O–H groups in total. The standard InChI is InChI=1S/C14H24N4O/c1-5-11(3)18(8-9-19-4)14-12(13(15)16)7-6-10(2)17-14/h6-7,11H,5,8-9H2,1-4H3,(H3,15,16). The molecule has 1 rings (SSSR count). The highest BCUT2D eigenvalue weighted by Crippen LogP contribution is 2.21. The Morgan fingerprint density at radius 3 is 2.74 bits per heavy atom. The summed E-state index contributed by atoms with van der Waals surface area (Å²) >= 11 is 0. The van der Waals surface area contributed by atoms with Crippen molar-refractivity contribution in [2.24, 2.45) is 5.73 Å². The third-order valence-corrected chi connectivity index (χ3v) is 3.24. The summed E-state index contributed by atoms with van der Waals surface area (Å²) < 4.78 is 5.16. The second kappa shape index (κ2) is 7.09. The van der Waals surface area contributed by atoms with Crippen LogP contribution >= 0.6 is 0 Å². The molecule has 0 aliphatic carbocycles. The molecule has 1 aromatic heterocycles. The molecular weight excluding hydrogens is 240 g/mol. The van der Waals surface area contributed by atoms with Gasteiger partial charge in [0.15, 0.2) is 0 Å². The normalized spacial score (nSPS) is 12.2. The third-order valence-electron chi connectivity index (χ3n) is 3.24. The van der Waals surface area contributed by atoms with Gasteiger partial charge in [-0.25, -0.2) is 4.98 Å². The minimum atomic E-state index is 0.0493. The molecule has 1 aromatic rings. The topological polar surface area (TPSA) is 75.2 Å². The predicted octanol–water partition coefficient (Wildman–Crippen LogP) is 1.93. The van der Waals surface area contributed by atoms with Crippen LogP contribution in [-0.2, 0) is 4.74 Å². The van der Waals surface area contributed by atoms with Gasteiger partial charge in [-0.05, 0) is 32.4 Å². The molecule has 0 saturated carbocycles. The molecular formula is C14H24N4O. The Balaban J connectivity index is 3.19. The van der Waals surface area contributed by atoms with Crippen molar-refractivity contribution in [1.82, 2.24) is 4.98 Å². The number of nitrogens with one attached hydrogen (secondary N) is 1. The molecule has 106 valence electrons. The molecule has 1 atom stereocenters. The number of amidine groups is 1. The van der Waals surface area contributed by atoms with Gasteiger partial charge in [0.25, 0.3) is 0 Å².